The molecule has 0 atom stereocenters. The molecule has 0 fully saturated rings. The number of hydrogen-bond donors (Lipinski definition) is 1. The molecular weight excluding hydrogens is 284 g/mol. The molecule has 0 unspecified atom stereocenters. The zero-order chi connectivity index (χ0) is 14.7. The maximum atomic E-state index is 6.13. The number of aromatic amines is 1. The Kier molecular flexibility index (Phi) is 4.11. The van der Waals surface area contributed by atoms with Crippen LogP contribution in [0, 0.1) is 0 Å². The second-order valence-corrected chi connectivity index (χ2v) is 5.38. The number of fused-ring (bicyclic) bond motifs is 1. The highest BCUT2D eigenvalue weighted by molar-refractivity contribution is 6.30. The minimum absolute atomic E-state index is 0.674. The van der Waals surface area contributed by atoms with E-state index in [4.69, 9.17) is 16.3 Å². The van der Waals surface area contributed by atoms with Crippen molar-refractivity contribution in [1.82, 2.24) is 9.97 Å². The van der Waals surface area contributed by atoms with Gasteiger partial charge in [0.15, 0.2) is 0 Å². The molecule has 21 heavy (non-hydrogen) atoms. The zero-order valence-electron chi connectivity index (χ0n) is 11.9. The molecule has 0 saturated heterocycles. The molecular formula is C17H17ClN2O. The molecule has 1 N–H and O–H groups in total. The molecule has 3 rings (SSSR count). The zero-order valence-corrected chi connectivity index (χ0v) is 12.7. The third-order valence-corrected chi connectivity index (χ3v) is 3.58. The maximum Gasteiger partial charge on any atom is 0.142 e. The van der Waals surface area contributed by atoms with Gasteiger partial charge in [-0.2, -0.15) is 0 Å². The highest BCUT2D eigenvalue weighted by Gasteiger charge is 2.11. The molecule has 108 valence electrons. The standard InChI is InChI=1S/C17H17ClN2O/c1-2-3-10-21-16-9-8-12(18)11-13(16)17-19-14-6-4-5-7-15(14)20-17/h4-9,11H,2-3,10H2,1H3,(H,19,20). The lowest BCUT2D eigenvalue weighted by Crippen LogP contribution is -1.98. The van der Waals surface area contributed by atoms with Crippen LogP contribution in [0.4, 0.5) is 0 Å². The molecule has 4 heteroatoms. The molecule has 3 aromatic rings. The number of unbranched alkanes of at least 4 members (excludes halogenated alkanes) is 1. The van der Waals surface area contributed by atoms with Crippen molar-refractivity contribution in [3.8, 4) is 17.1 Å². The minimum Gasteiger partial charge on any atom is -0.493 e. The number of rotatable bonds is 5. The number of ether oxygens (including phenoxy) is 1. The van der Waals surface area contributed by atoms with Gasteiger partial charge in [-0.05, 0) is 36.8 Å². The van der Waals surface area contributed by atoms with E-state index in [2.05, 4.69) is 16.9 Å². The monoisotopic (exact) mass is 300 g/mol. The molecule has 0 bridgehead atoms. The number of hydrogen-bond acceptors (Lipinski definition) is 2. The summed E-state index contributed by atoms with van der Waals surface area (Å²) >= 11 is 6.13. The average molecular weight is 301 g/mol. The Bertz CT molecular complexity index is 718. The Labute approximate surface area is 128 Å². The van der Waals surface area contributed by atoms with Crippen LogP contribution in [0.1, 0.15) is 19.8 Å². The van der Waals surface area contributed by atoms with Gasteiger partial charge in [0, 0.05) is 5.02 Å². The Hall–Kier alpha value is -2.00. The van der Waals surface area contributed by atoms with Crippen molar-refractivity contribution in [2.75, 3.05) is 6.61 Å². The number of benzene rings is 2. The van der Waals surface area contributed by atoms with Crippen LogP contribution in [0.15, 0.2) is 42.5 Å². The first kappa shape index (κ1) is 14.0. The van der Waals surface area contributed by atoms with Crippen molar-refractivity contribution in [3.05, 3.63) is 47.5 Å². The molecule has 0 amide bonds. The molecule has 0 spiro atoms. The first-order chi connectivity index (χ1) is 10.3. The number of nitrogens with one attached hydrogen (secondary N) is 1. The first-order valence-electron chi connectivity index (χ1n) is 7.15. The quantitative estimate of drug-likeness (QED) is 0.669. The summed E-state index contributed by atoms with van der Waals surface area (Å²) in [6, 6.07) is 13.6. The maximum absolute atomic E-state index is 6.13. The number of H-pyrrole nitrogens is 1. The summed E-state index contributed by atoms with van der Waals surface area (Å²) in [6.45, 7) is 2.84. The summed E-state index contributed by atoms with van der Waals surface area (Å²) in [5.41, 5.74) is 2.84. The van der Waals surface area contributed by atoms with Gasteiger partial charge in [-0.3, -0.25) is 0 Å². The van der Waals surface area contributed by atoms with E-state index < -0.39 is 0 Å². The normalized spacial score (nSPS) is 11.0. The van der Waals surface area contributed by atoms with E-state index in [1.54, 1.807) is 0 Å². The average Bonchev–Trinajstić information content (AvgIpc) is 2.92. The summed E-state index contributed by atoms with van der Waals surface area (Å²) in [6.07, 6.45) is 2.13. The number of aromatic nitrogens is 2. The molecule has 3 nitrogen and oxygen atoms in total. The predicted octanol–water partition coefficient (Wildman–Crippen LogP) is 5.06. The van der Waals surface area contributed by atoms with Gasteiger partial charge in [0.2, 0.25) is 0 Å². The van der Waals surface area contributed by atoms with E-state index in [9.17, 15) is 0 Å². The van der Waals surface area contributed by atoms with Crippen molar-refractivity contribution >= 4 is 22.6 Å². The van der Waals surface area contributed by atoms with E-state index in [1.807, 2.05) is 42.5 Å². The third-order valence-electron chi connectivity index (χ3n) is 3.34. The van der Waals surface area contributed by atoms with Crippen LogP contribution in [0.25, 0.3) is 22.4 Å². The Balaban J connectivity index is 2.00. The molecule has 1 heterocycles. The van der Waals surface area contributed by atoms with Crippen LogP contribution in [0.3, 0.4) is 0 Å². The van der Waals surface area contributed by atoms with Crippen molar-refractivity contribution in [2.45, 2.75) is 19.8 Å². The molecule has 0 aliphatic rings. The summed E-state index contributed by atoms with van der Waals surface area (Å²) < 4.78 is 5.86. The van der Waals surface area contributed by atoms with E-state index in [-0.39, 0.29) is 0 Å². The first-order valence-corrected chi connectivity index (χ1v) is 7.53. The van der Waals surface area contributed by atoms with E-state index >= 15 is 0 Å². The van der Waals surface area contributed by atoms with Crippen LogP contribution >= 0.6 is 11.6 Å². The van der Waals surface area contributed by atoms with Gasteiger partial charge in [-0.15, -0.1) is 0 Å². The molecule has 1 aromatic heterocycles. The lowest BCUT2D eigenvalue weighted by atomic mass is 10.2. The largest absolute Gasteiger partial charge is 0.493 e. The van der Waals surface area contributed by atoms with Crippen LogP contribution < -0.4 is 4.74 Å². The smallest absolute Gasteiger partial charge is 0.142 e. The predicted molar refractivity (Wildman–Crippen MR) is 86.9 cm³/mol. The minimum atomic E-state index is 0.674. The van der Waals surface area contributed by atoms with Gasteiger partial charge in [-0.1, -0.05) is 37.1 Å². The summed E-state index contributed by atoms with van der Waals surface area (Å²) in [4.78, 5) is 7.94. The van der Waals surface area contributed by atoms with E-state index in [1.165, 1.54) is 0 Å². The van der Waals surface area contributed by atoms with Gasteiger partial charge >= 0.3 is 0 Å². The van der Waals surface area contributed by atoms with Gasteiger partial charge in [0.05, 0.1) is 23.2 Å². The Morgan fingerprint density at radius 3 is 2.86 bits per heavy atom. The second-order valence-electron chi connectivity index (χ2n) is 4.95. The summed E-state index contributed by atoms with van der Waals surface area (Å²) in [5, 5.41) is 0.674. The SMILES string of the molecule is CCCCOc1ccc(Cl)cc1-c1nc2ccccc2[nH]1. The van der Waals surface area contributed by atoms with Crippen molar-refractivity contribution < 1.29 is 4.74 Å². The number of para-hydroxylation sites is 2. The molecule has 0 saturated carbocycles. The van der Waals surface area contributed by atoms with Gasteiger partial charge < -0.3 is 9.72 Å². The van der Waals surface area contributed by atoms with Crippen molar-refractivity contribution in [3.63, 3.8) is 0 Å². The van der Waals surface area contributed by atoms with Crippen LogP contribution in [-0.2, 0) is 0 Å². The molecule has 0 radical (unpaired) electrons. The number of halogens is 1. The van der Waals surface area contributed by atoms with Gasteiger partial charge in [-0.25, -0.2) is 4.98 Å². The van der Waals surface area contributed by atoms with Gasteiger partial charge in [0.1, 0.15) is 11.6 Å². The molecule has 0 aliphatic carbocycles. The van der Waals surface area contributed by atoms with Crippen LogP contribution in [0.2, 0.25) is 5.02 Å². The Morgan fingerprint density at radius 2 is 2.05 bits per heavy atom. The lowest BCUT2D eigenvalue weighted by Gasteiger charge is -2.10. The van der Waals surface area contributed by atoms with Gasteiger partial charge in [0.25, 0.3) is 0 Å². The van der Waals surface area contributed by atoms with Crippen LogP contribution in [0.5, 0.6) is 5.75 Å². The molecule has 2 aromatic carbocycles. The highest BCUT2D eigenvalue weighted by atomic mass is 35.5. The van der Waals surface area contributed by atoms with E-state index in [0.717, 1.165) is 41.0 Å². The highest BCUT2D eigenvalue weighted by Crippen LogP contribution is 2.32. The topological polar surface area (TPSA) is 37.9 Å². The lowest BCUT2D eigenvalue weighted by molar-refractivity contribution is 0.310. The second kappa shape index (κ2) is 6.19. The summed E-state index contributed by atoms with van der Waals surface area (Å²) in [5.74, 6) is 1.59. The number of imidazole rings is 1. The number of nitrogens with zero attached hydrogens (tertiary/aromatic N) is 1. The summed E-state index contributed by atoms with van der Waals surface area (Å²) in [7, 11) is 0. The van der Waals surface area contributed by atoms with E-state index in [0.29, 0.717) is 11.6 Å². The molecule has 0 aliphatic heterocycles. The van der Waals surface area contributed by atoms with Crippen molar-refractivity contribution in [1.29, 1.82) is 0 Å². The fraction of sp³-hybridized carbons (Fsp3) is 0.235. The fourth-order valence-electron chi connectivity index (χ4n) is 2.22. The Morgan fingerprint density at radius 1 is 1.19 bits per heavy atom. The third kappa shape index (κ3) is 3.03. The van der Waals surface area contributed by atoms with Crippen LogP contribution in [-0.4, -0.2) is 16.6 Å². The fourth-order valence-corrected chi connectivity index (χ4v) is 2.39. The van der Waals surface area contributed by atoms with Crippen molar-refractivity contribution in [2.24, 2.45) is 0 Å².